The van der Waals surface area contributed by atoms with Crippen LogP contribution < -0.4 is 4.74 Å². The van der Waals surface area contributed by atoms with Crippen LogP contribution in [0.3, 0.4) is 0 Å². The summed E-state index contributed by atoms with van der Waals surface area (Å²) in [6.07, 6.45) is 3.15. The van der Waals surface area contributed by atoms with Gasteiger partial charge in [0.05, 0.1) is 12.0 Å². The molecule has 0 spiro atoms. The van der Waals surface area contributed by atoms with Crippen molar-refractivity contribution in [1.82, 2.24) is 0 Å². The molecule has 0 aromatic heterocycles. The van der Waals surface area contributed by atoms with Gasteiger partial charge in [0.15, 0.2) is 0 Å². The molecule has 3 atom stereocenters. The minimum absolute atomic E-state index is 0.0426. The standard InChI is InChI=1S/C17H23NO/c1-12(2)14-6-8-16(9-7-14)19-17-10-13(3)4-5-15(17)11-18/h6-9,12-13,15,17H,4-5,10H2,1-3H3. The molecule has 19 heavy (non-hydrogen) atoms. The lowest BCUT2D eigenvalue weighted by molar-refractivity contribution is 0.0956. The van der Waals surface area contributed by atoms with E-state index < -0.39 is 0 Å². The number of hydrogen-bond acceptors (Lipinski definition) is 2. The van der Waals surface area contributed by atoms with Gasteiger partial charge in [0.2, 0.25) is 0 Å². The van der Waals surface area contributed by atoms with Gasteiger partial charge in [0.1, 0.15) is 11.9 Å². The Morgan fingerprint density at radius 2 is 1.89 bits per heavy atom. The van der Waals surface area contributed by atoms with Crippen LogP contribution in [0.4, 0.5) is 0 Å². The first-order chi connectivity index (χ1) is 9.10. The second-order valence-electron chi connectivity index (χ2n) is 6.03. The Balaban J connectivity index is 2.04. The molecule has 1 aliphatic rings. The van der Waals surface area contributed by atoms with Gasteiger partial charge in [0, 0.05) is 0 Å². The third kappa shape index (κ3) is 3.50. The van der Waals surface area contributed by atoms with Crippen LogP contribution in [0.25, 0.3) is 0 Å². The van der Waals surface area contributed by atoms with E-state index in [0.29, 0.717) is 11.8 Å². The molecule has 102 valence electrons. The molecule has 0 bridgehead atoms. The minimum Gasteiger partial charge on any atom is -0.489 e. The molecular weight excluding hydrogens is 234 g/mol. The van der Waals surface area contributed by atoms with Crippen LogP contribution >= 0.6 is 0 Å². The van der Waals surface area contributed by atoms with E-state index in [9.17, 15) is 5.26 Å². The molecule has 0 aliphatic heterocycles. The van der Waals surface area contributed by atoms with Crippen molar-refractivity contribution < 1.29 is 4.74 Å². The molecule has 1 aliphatic carbocycles. The van der Waals surface area contributed by atoms with Gasteiger partial charge < -0.3 is 4.74 Å². The highest BCUT2D eigenvalue weighted by atomic mass is 16.5. The van der Waals surface area contributed by atoms with Crippen molar-refractivity contribution in [2.45, 2.75) is 52.1 Å². The van der Waals surface area contributed by atoms with Gasteiger partial charge in [-0.15, -0.1) is 0 Å². The smallest absolute Gasteiger partial charge is 0.119 e. The van der Waals surface area contributed by atoms with Gasteiger partial charge >= 0.3 is 0 Å². The summed E-state index contributed by atoms with van der Waals surface area (Å²) in [5.41, 5.74) is 1.32. The summed E-state index contributed by atoms with van der Waals surface area (Å²) in [5.74, 6) is 2.13. The molecule has 3 unspecified atom stereocenters. The summed E-state index contributed by atoms with van der Waals surface area (Å²) in [7, 11) is 0. The van der Waals surface area contributed by atoms with E-state index in [-0.39, 0.29) is 12.0 Å². The monoisotopic (exact) mass is 257 g/mol. The zero-order chi connectivity index (χ0) is 13.8. The van der Waals surface area contributed by atoms with Gasteiger partial charge in [-0.2, -0.15) is 5.26 Å². The third-order valence-corrected chi connectivity index (χ3v) is 4.05. The number of nitrogens with zero attached hydrogens (tertiary/aromatic N) is 1. The molecule has 1 aromatic rings. The molecule has 0 radical (unpaired) electrons. The summed E-state index contributed by atoms with van der Waals surface area (Å²) >= 11 is 0. The van der Waals surface area contributed by atoms with Crippen molar-refractivity contribution in [1.29, 1.82) is 5.26 Å². The molecular formula is C17H23NO. The van der Waals surface area contributed by atoms with E-state index in [0.717, 1.165) is 25.0 Å². The maximum absolute atomic E-state index is 9.21. The third-order valence-electron chi connectivity index (χ3n) is 4.05. The number of hydrogen-bond donors (Lipinski definition) is 0. The zero-order valence-electron chi connectivity index (χ0n) is 12.1. The molecule has 2 rings (SSSR count). The predicted molar refractivity (Wildman–Crippen MR) is 77.1 cm³/mol. The topological polar surface area (TPSA) is 33.0 Å². The Morgan fingerprint density at radius 1 is 1.21 bits per heavy atom. The van der Waals surface area contributed by atoms with Gasteiger partial charge in [-0.1, -0.05) is 32.9 Å². The zero-order valence-corrected chi connectivity index (χ0v) is 12.1. The number of rotatable bonds is 3. The van der Waals surface area contributed by atoms with Gasteiger partial charge in [-0.3, -0.25) is 0 Å². The maximum Gasteiger partial charge on any atom is 0.119 e. The lowest BCUT2D eigenvalue weighted by Crippen LogP contribution is -2.32. The molecule has 1 fully saturated rings. The summed E-state index contributed by atoms with van der Waals surface area (Å²) < 4.78 is 6.04. The SMILES string of the molecule is CC1CCC(C#N)C(Oc2ccc(C(C)C)cc2)C1. The van der Waals surface area contributed by atoms with E-state index in [1.165, 1.54) is 5.56 Å². The fraction of sp³-hybridized carbons (Fsp3) is 0.588. The largest absolute Gasteiger partial charge is 0.489 e. The molecule has 0 N–H and O–H groups in total. The van der Waals surface area contributed by atoms with Crippen molar-refractivity contribution in [2.24, 2.45) is 11.8 Å². The minimum atomic E-state index is 0.0426. The van der Waals surface area contributed by atoms with Crippen molar-refractivity contribution in [2.75, 3.05) is 0 Å². The van der Waals surface area contributed by atoms with E-state index in [2.05, 4.69) is 39.0 Å². The molecule has 0 saturated heterocycles. The van der Waals surface area contributed by atoms with E-state index in [4.69, 9.17) is 4.74 Å². The van der Waals surface area contributed by atoms with Gasteiger partial charge in [0.25, 0.3) is 0 Å². The highest BCUT2D eigenvalue weighted by Crippen LogP contribution is 2.32. The van der Waals surface area contributed by atoms with Crippen molar-refractivity contribution in [3.63, 3.8) is 0 Å². The molecule has 2 heteroatoms. The van der Waals surface area contributed by atoms with Crippen molar-refractivity contribution in [3.8, 4) is 11.8 Å². The van der Waals surface area contributed by atoms with Crippen molar-refractivity contribution in [3.05, 3.63) is 29.8 Å². The van der Waals surface area contributed by atoms with Crippen molar-refractivity contribution >= 4 is 0 Å². The van der Waals surface area contributed by atoms with Crippen LogP contribution in [0.5, 0.6) is 5.75 Å². The fourth-order valence-corrected chi connectivity index (χ4v) is 2.71. The van der Waals surface area contributed by atoms with E-state index >= 15 is 0 Å². The Morgan fingerprint density at radius 3 is 2.47 bits per heavy atom. The molecule has 2 nitrogen and oxygen atoms in total. The number of nitriles is 1. The van der Waals surface area contributed by atoms with Crippen LogP contribution in [0, 0.1) is 23.2 Å². The molecule has 1 saturated carbocycles. The summed E-state index contributed by atoms with van der Waals surface area (Å²) in [6, 6.07) is 10.7. The lowest BCUT2D eigenvalue weighted by atomic mass is 9.81. The normalized spacial score (nSPS) is 27.0. The highest BCUT2D eigenvalue weighted by Gasteiger charge is 2.30. The van der Waals surface area contributed by atoms with Gasteiger partial charge in [-0.05, 0) is 48.8 Å². The Hall–Kier alpha value is -1.49. The average Bonchev–Trinajstić information content (AvgIpc) is 2.39. The van der Waals surface area contributed by atoms with Crippen LogP contribution in [0.1, 0.15) is 51.5 Å². The van der Waals surface area contributed by atoms with E-state index in [1.807, 2.05) is 12.1 Å². The Kier molecular flexibility index (Phi) is 4.47. The first kappa shape index (κ1) is 13.9. The second-order valence-corrected chi connectivity index (χ2v) is 6.03. The van der Waals surface area contributed by atoms with Crippen LogP contribution in [0.2, 0.25) is 0 Å². The second kappa shape index (κ2) is 6.10. The number of benzene rings is 1. The Bertz CT molecular complexity index is 443. The average molecular weight is 257 g/mol. The predicted octanol–water partition coefficient (Wildman–Crippen LogP) is 4.52. The summed E-state index contributed by atoms with van der Waals surface area (Å²) in [5, 5.41) is 9.21. The summed E-state index contributed by atoms with van der Waals surface area (Å²) in [4.78, 5) is 0. The van der Waals surface area contributed by atoms with Crippen LogP contribution in [-0.2, 0) is 0 Å². The molecule has 1 aromatic carbocycles. The maximum atomic E-state index is 9.21. The summed E-state index contributed by atoms with van der Waals surface area (Å²) in [6.45, 7) is 6.61. The molecule has 0 amide bonds. The quantitative estimate of drug-likeness (QED) is 0.797. The number of ether oxygens (including phenoxy) is 1. The first-order valence-electron chi connectivity index (χ1n) is 7.26. The Labute approximate surface area is 116 Å². The van der Waals surface area contributed by atoms with Crippen LogP contribution in [0.15, 0.2) is 24.3 Å². The highest BCUT2D eigenvalue weighted by molar-refractivity contribution is 5.29. The molecule has 0 heterocycles. The van der Waals surface area contributed by atoms with E-state index in [1.54, 1.807) is 0 Å². The fourth-order valence-electron chi connectivity index (χ4n) is 2.71. The first-order valence-corrected chi connectivity index (χ1v) is 7.26. The van der Waals surface area contributed by atoms with Crippen LogP contribution in [-0.4, -0.2) is 6.10 Å². The van der Waals surface area contributed by atoms with Gasteiger partial charge in [-0.25, -0.2) is 0 Å². The lowest BCUT2D eigenvalue weighted by Gasteiger charge is -2.31.